The van der Waals surface area contributed by atoms with Crippen LogP contribution in [-0.2, 0) is 32.4 Å². The molecule has 26 heavy (non-hydrogen) atoms. The summed E-state index contributed by atoms with van der Waals surface area (Å²) in [6.45, 7) is 0.159. The molecule has 0 radical (unpaired) electrons. The molecule has 0 aliphatic heterocycles. The number of pyridine rings is 1. The fourth-order valence-electron chi connectivity index (χ4n) is 2.56. The van der Waals surface area contributed by atoms with Gasteiger partial charge in [0.2, 0.25) is 0 Å². The molecule has 0 aliphatic carbocycles. The number of carbonyl (C=O) groups excluding carboxylic acids is 1. The summed E-state index contributed by atoms with van der Waals surface area (Å²) in [6, 6.07) is 2.68. The van der Waals surface area contributed by atoms with Gasteiger partial charge in [0.25, 0.3) is 11.1 Å². The first-order valence-corrected chi connectivity index (χ1v) is 7.76. The van der Waals surface area contributed by atoms with Crippen LogP contribution in [-0.4, -0.2) is 35.8 Å². The molecule has 0 aliphatic rings. The van der Waals surface area contributed by atoms with Gasteiger partial charge in [0.15, 0.2) is 11.2 Å². The number of esters is 1. The number of carbonyl (C=O) groups is 1. The standard InChI is InChI=1S/C16H17N5O5/c1-18-5-4-10(8-11(18)22)15(24)26-7-6-21-9-17-13-12(21)14(23)20(3)16(25)19(13)2/h4-5,8-9H,6-7H2,1-3H3. The summed E-state index contributed by atoms with van der Waals surface area (Å²) in [7, 11) is 4.49. The van der Waals surface area contributed by atoms with Crippen molar-refractivity contribution in [3.05, 3.63) is 61.4 Å². The Morgan fingerprint density at radius 2 is 1.88 bits per heavy atom. The lowest BCUT2D eigenvalue weighted by Gasteiger charge is -2.08. The molecule has 136 valence electrons. The molecule has 0 saturated carbocycles. The zero-order valence-corrected chi connectivity index (χ0v) is 14.5. The van der Waals surface area contributed by atoms with Crippen LogP contribution in [0.15, 0.2) is 39.0 Å². The third kappa shape index (κ3) is 2.85. The van der Waals surface area contributed by atoms with Crippen LogP contribution in [0.4, 0.5) is 0 Å². The topological polar surface area (TPSA) is 110 Å². The van der Waals surface area contributed by atoms with Crippen molar-refractivity contribution in [2.75, 3.05) is 6.61 Å². The molecule has 0 aromatic carbocycles. The molecule has 0 spiro atoms. The molecule has 0 atom stereocenters. The van der Waals surface area contributed by atoms with Crippen LogP contribution < -0.4 is 16.8 Å². The largest absolute Gasteiger partial charge is 0.460 e. The minimum absolute atomic E-state index is 0.0223. The first kappa shape index (κ1) is 17.4. The van der Waals surface area contributed by atoms with E-state index in [4.69, 9.17) is 4.74 Å². The fraction of sp³-hybridized carbons (Fsp3) is 0.312. The van der Waals surface area contributed by atoms with Gasteiger partial charge in [0.1, 0.15) is 6.61 Å². The van der Waals surface area contributed by atoms with Crippen molar-refractivity contribution in [1.82, 2.24) is 23.3 Å². The summed E-state index contributed by atoms with van der Waals surface area (Å²) in [5.41, 5.74) is -0.593. The van der Waals surface area contributed by atoms with Gasteiger partial charge in [0.05, 0.1) is 18.4 Å². The number of imidazole rings is 1. The van der Waals surface area contributed by atoms with Crippen LogP contribution in [0, 0.1) is 0 Å². The van der Waals surface area contributed by atoms with E-state index >= 15 is 0 Å². The van der Waals surface area contributed by atoms with Gasteiger partial charge in [-0.25, -0.2) is 14.6 Å². The summed E-state index contributed by atoms with van der Waals surface area (Å²) in [5.74, 6) is -0.632. The Labute approximate surface area is 146 Å². The van der Waals surface area contributed by atoms with E-state index in [2.05, 4.69) is 4.98 Å². The Kier molecular flexibility index (Phi) is 4.33. The van der Waals surface area contributed by atoms with Crippen LogP contribution in [0.5, 0.6) is 0 Å². The molecule has 10 nitrogen and oxygen atoms in total. The predicted molar refractivity (Wildman–Crippen MR) is 92.2 cm³/mol. The van der Waals surface area contributed by atoms with Crippen LogP contribution >= 0.6 is 0 Å². The first-order valence-electron chi connectivity index (χ1n) is 7.76. The quantitative estimate of drug-likeness (QED) is 0.552. The van der Waals surface area contributed by atoms with Crippen molar-refractivity contribution in [1.29, 1.82) is 0 Å². The fourth-order valence-corrected chi connectivity index (χ4v) is 2.56. The van der Waals surface area contributed by atoms with Gasteiger partial charge in [-0.3, -0.25) is 18.7 Å². The molecule has 0 amide bonds. The lowest BCUT2D eigenvalue weighted by Crippen LogP contribution is -2.37. The van der Waals surface area contributed by atoms with Gasteiger partial charge in [-0.05, 0) is 6.07 Å². The van der Waals surface area contributed by atoms with Crippen molar-refractivity contribution in [2.24, 2.45) is 21.1 Å². The first-order chi connectivity index (χ1) is 12.3. The Bertz CT molecular complexity index is 1180. The van der Waals surface area contributed by atoms with Crippen LogP contribution in [0.2, 0.25) is 0 Å². The number of aromatic nitrogens is 5. The lowest BCUT2D eigenvalue weighted by atomic mass is 10.3. The van der Waals surface area contributed by atoms with Crippen molar-refractivity contribution in [2.45, 2.75) is 6.54 Å². The third-order valence-corrected chi connectivity index (χ3v) is 4.12. The predicted octanol–water partition coefficient (Wildman–Crippen LogP) is -1.01. The number of ether oxygens (including phenoxy) is 1. The van der Waals surface area contributed by atoms with Crippen molar-refractivity contribution >= 4 is 17.1 Å². The molecular formula is C16H17N5O5. The second-order valence-corrected chi connectivity index (χ2v) is 5.82. The van der Waals surface area contributed by atoms with E-state index in [9.17, 15) is 19.2 Å². The highest BCUT2D eigenvalue weighted by atomic mass is 16.5. The second-order valence-electron chi connectivity index (χ2n) is 5.82. The lowest BCUT2D eigenvalue weighted by molar-refractivity contribution is 0.0492. The van der Waals surface area contributed by atoms with Crippen LogP contribution in [0.3, 0.4) is 0 Å². The van der Waals surface area contributed by atoms with Gasteiger partial charge < -0.3 is 13.9 Å². The van der Waals surface area contributed by atoms with Crippen molar-refractivity contribution in [3.8, 4) is 0 Å². The average Bonchev–Trinajstić information content (AvgIpc) is 3.04. The molecule has 10 heteroatoms. The van der Waals surface area contributed by atoms with Gasteiger partial charge in [-0.2, -0.15) is 0 Å². The summed E-state index contributed by atoms with van der Waals surface area (Å²) < 4.78 is 10.3. The monoisotopic (exact) mass is 359 g/mol. The van der Waals surface area contributed by atoms with Gasteiger partial charge in [-0.1, -0.05) is 0 Å². The number of aryl methyl sites for hydroxylation is 2. The Balaban J connectivity index is 1.79. The average molecular weight is 359 g/mol. The third-order valence-electron chi connectivity index (χ3n) is 4.12. The summed E-state index contributed by atoms with van der Waals surface area (Å²) in [4.78, 5) is 51.9. The Morgan fingerprint density at radius 1 is 1.15 bits per heavy atom. The smallest absolute Gasteiger partial charge is 0.338 e. The van der Waals surface area contributed by atoms with Crippen LogP contribution in [0.25, 0.3) is 11.2 Å². The van der Waals surface area contributed by atoms with E-state index in [1.165, 1.54) is 52.5 Å². The molecule has 3 rings (SSSR count). The molecule has 0 saturated heterocycles. The van der Waals surface area contributed by atoms with E-state index in [1.807, 2.05) is 0 Å². The number of hydrogen-bond donors (Lipinski definition) is 0. The van der Waals surface area contributed by atoms with Gasteiger partial charge >= 0.3 is 11.7 Å². The highest BCUT2D eigenvalue weighted by Gasteiger charge is 2.15. The van der Waals surface area contributed by atoms with Gasteiger partial charge in [-0.15, -0.1) is 0 Å². The van der Waals surface area contributed by atoms with Crippen molar-refractivity contribution < 1.29 is 9.53 Å². The zero-order chi connectivity index (χ0) is 19.0. The zero-order valence-electron chi connectivity index (χ0n) is 14.5. The molecule has 0 fully saturated rings. The van der Waals surface area contributed by atoms with Crippen molar-refractivity contribution in [3.63, 3.8) is 0 Å². The maximum absolute atomic E-state index is 12.3. The summed E-state index contributed by atoms with van der Waals surface area (Å²) in [6.07, 6.45) is 2.89. The van der Waals surface area contributed by atoms with Gasteiger partial charge in [0, 0.05) is 33.4 Å². The number of nitrogens with zero attached hydrogens (tertiary/aromatic N) is 5. The minimum atomic E-state index is -0.632. The number of fused-ring (bicyclic) bond motifs is 1. The Morgan fingerprint density at radius 3 is 2.58 bits per heavy atom. The minimum Gasteiger partial charge on any atom is -0.460 e. The van der Waals surface area contributed by atoms with E-state index in [0.29, 0.717) is 0 Å². The molecule has 3 heterocycles. The summed E-state index contributed by atoms with van der Waals surface area (Å²) >= 11 is 0. The molecule has 0 unspecified atom stereocenters. The second kappa shape index (κ2) is 6.47. The van der Waals surface area contributed by atoms with E-state index in [0.717, 1.165) is 4.57 Å². The molecule has 3 aromatic rings. The molecule has 0 N–H and O–H groups in total. The van der Waals surface area contributed by atoms with Crippen LogP contribution in [0.1, 0.15) is 10.4 Å². The maximum Gasteiger partial charge on any atom is 0.338 e. The highest BCUT2D eigenvalue weighted by molar-refractivity contribution is 5.89. The summed E-state index contributed by atoms with van der Waals surface area (Å²) in [5, 5.41) is 0. The Hall–Kier alpha value is -3.43. The molecule has 0 bridgehead atoms. The normalized spacial score (nSPS) is 11.0. The molecular weight excluding hydrogens is 342 g/mol. The molecule has 3 aromatic heterocycles. The number of rotatable bonds is 4. The van der Waals surface area contributed by atoms with E-state index in [-0.39, 0.29) is 35.4 Å². The SMILES string of the molecule is Cn1ccc(C(=O)OCCn2cnc3c2c(=O)n(C)c(=O)n3C)cc1=O. The van der Waals surface area contributed by atoms with E-state index in [1.54, 1.807) is 7.05 Å². The number of hydrogen-bond acceptors (Lipinski definition) is 6. The maximum atomic E-state index is 12.3. The highest BCUT2D eigenvalue weighted by Crippen LogP contribution is 2.06. The van der Waals surface area contributed by atoms with E-state index < -0.39 is 17.2 Å².